The average Bonchev–Trinajstić information content (AvgIpc) is 2.52. The monoisotopic (exact) mass is 342 g/mol. The van der Waals surface area contributed by atoms with Crippen molar-refractivity contribution < 1.29 is 55.1 Å². The summed E-state index contributed by atoms with van der Waals surface area (Å²) in [5.41, 5.74) is 0. The van der Waals surface area contributed by atoms with E-state index in [0.29, 0.717) is 0 Å². The number of ether oxygens (including phenoxy) is 3. The van der Waals surface area contributed by atoms with Crippen molar-refractivity contribution in [2.24, 2.45) is 0 Å². The molecule has 11 heteroatoms. The minimum atomic E-state index is -1.70. The molecule has 0 spiro atoms. The summed E-state index contributed by atoms with van der Waals surface area (Å²) < 4.78 is 14.9. The second kappa shape index (κ2) is 7.63. The Morgan fingerprint density at radius 2 is 0.870 bits per heavy atom. The Bertz CT molecular complexity index is 348. The van der Waals surface area contributed by atoms with Gasteiger partial charge in [-0.2, -0.15) is 0 Å². The molecule has 2 heterocycles. The molecule has 0 aliphatic carbocycles. The first-order valence-corrected chi connectivity index (χ1v) is 7.07. The molecule has 0 unspecified atom stereocenters. The van der Waals surface area contributed by atoms with Crippen LogP contribution in [-0.2, 0) is 14.2 Å². The molecule has 2 rings (SSSR count). The summed E-state index contributed by atoms with van der Waals surface area (Å²) in [7, 11) is 0. The molecule has 0 saturated carbocycles. The molecule has 8 N–H and O–H groups in total. The summed E-state index contributed by atoms with van der Waals surface area (Å²) in [6.07, 6.45) is -15.3. The SMILES string of the molecule is O[C@@H]1[C@@H](O)[C@@H](O)O[C@H](COC[C@H]2O[C@H](O)[C@H](O)[C@@H](O)[C@H]2O)[C@@H]1O. The molecule has 11 nitrogen and oxygen atoms in total. The van der Waals surface area contributed by atoms with Crippen LogP contribution in [0.2, 0.25) is 0 Å². The highest BCUT2D eigenvalue weighted by molar-refractivity contribution is 4.90. The predicted octanol–water partition coefficient (Wildman–Crippen LogP) is -5.40. The zero-order chi connectivity index (χ0) is 17.3. The second-order valence-electron chi connectivity index (χ2n) is 5.61. The van der Waals surface area contributed by atoms with Crippen LogP contribution in [0.4, 0.5) is 0 Å². The topological polar surface area (TPSA) is 190 Å². The highest BCUT2D eigenvalue weighted by atomic mass is 16.7. The van der Waals surface area contributed by atoms with Gasteiger partial charge in [0.15, 0.2) is 12.6 Å². The van der Waals surface area contributed by atoms with Crippen molar-refractivity contribution in [1.82, 2.24) is 0 Å². The van der Waals surface area contributed by atoms with Crippen LogP contribution in [-0.4, -0.2) is 115 Å². The molecular formula is C12H22O11. The lowest BCUT2D eigenvalue weighted by Gasteiger charge is -2.39. The molecule has 0 aromatic rings. The van der Waals surface area contributed by atoms with E-state index in [0.717, 1.165) is 0 Å². The Labute approximate surface area is 130 Å². The first-order chi connectivity index (χ1) is 10.7. The van der Waals surface area contributed by atoms with E-state index in [1.54, 1.807) is 0 Å². The number of hydrogen-bond acceptors (Lipinski definition) is 11. The van der Waals surface area contributed by atoms with Crippen LogP contribution in [0.25, 0.3) is 0 Å². The number of aliphatic hydroxyl groups excluding tert-OH is 8. The molecule has 0 radical (unpaired) electrons. The van der Waals surface area contributed by atoms with Gasteiger partial charge in [0, 0.05) is 0 Å². The van der Waals surface area contributed by atoms with E-state index in [9.17, 15) is 40.9 Å². The number of rotatable bonds is 4. The standard InChI is InChI=1S/C12H22O11/c13-5-3(22-11(19)9(17)7(5)15)1-21-2-4-6(14)8(16)10(18)12(20)23-4/h3-20H,1-2H2/t3-,4-,5+,6+,7+,8+,9-,10-,11+,12+/m1/s1. The molecule has 0 aromatic heterocycles. The van der Waals surface area contributed by atoms with Gasteiger partial charge in [0.2, 0.25) is 0 Å². The van der Waals surface area contributed by atoms with Crippen LogP contribution in [0.5, 0.6) is 0 Å². The summed E-state index contributed by atoms with van der Waals surface area (Å²) in [6, 6.07) is 0. The smallest absolute Gasteiger partial charge is 0.184 e. The lowest BCUT2D eigenvalue weighted by molar-refractivity contribution is -0.300. The largest absolute Gasteiger partial charge is 0.387 e. The Morgan fingerprint density at radius 3 is 1.22 bits per heavy atom. The summed E-state index contributed by atoms with van der Waals surface area (Å²) in [5, 5.41) is 75.9. The van der Waals surface area contributed by atoms with Crippen LogP contribution in [0, 0.1) is 0 Å². The van der Waals surface area contributed by atoms with Gasteiger partial charge >= 0.3 is 0 Å². The molecule has 23 heavy (non-hydrogen) atoms. The van der Waals surface area contributed by atoms with Crippen molar-refractivity contribution >= 4 is 0 Å². The van der Waals surface area contributed by atoms with Gasteiger partial charge in [0.25, 0.3) is 0 Å². The molecule has 136 valence electrons. The first-order valence-electron chi connectivity index (χ1n) is 7.07. The quantitative estimate of drug-likeness (QED) is 0.243. The average molecular weight is 342 g/mol. The molecular weight excluding hydrogens is 320 g/mol. The highest BCUT2D eigenvalue weighted by Crippen LogP contribution is 2.22. The predicted molar refractivity (Wildman–Crippen MR) is 68.6 cm³/mol. The lowest BCUT2D eigenvalue weighted by atomic mass is 9.99. The molecule has 0 aromatic carbocycles. The summed E-state index contributed by atoms with van der Waals surface area (Å²) in [5.74, 6) is 0. The minimum absolute atomic E-state index is 0.330. The van der Waals surface area contributed by atoms with Crippen LogP contribution in [0.15, 0.2) is 0 Å². The van der Waals surface area contributed by atoms with E-state index in [1.807, 2.05) is 0 Å². The third-order valence-corrected chi connectivity index (χ3v) is 3.94. The van der Waals surface area contributed by atoms with Gasteiger partial charge in [-0.3, -0.25) is 0 Å². The van der Waals surface area contributed by atoms with Gasteiger partial charge in [-0.05, 0) is 0 Å². The fourth-order valence-corrected chi connectivity index (χ4v) is 2.44. The van der Waals surface area contributed by atoms with E-state index in [4.69, 9.17) is 14.2 Å². The first kappa shape index (κ1) is 18.9. The molecule has 2 saturated heterocycles. The van der Waals surface area contributed by atoms with Gasteiger partial charge in [-0.15, -0.1) is 0 Å². The molecule has 10 atom stereocenters. The molecule has 2 aliphatic rings. The Morgan fingerprint density at radius 1 is 0.522 bits per heavy atom. The minimum Gasteiger partial charge on any atom is -0.387 e. The summed E-state index contributed by atoms with van der Waals surface area (Å²) in [6.45, 7) is -0.660. The van der Waals surface area contributed by atoms with Gasteiger partial charge < -0.3 is 55.1 Å². The van der Waals surface area contributed by atoms with E-state index < -0.39 is 61.4 Å². The zero-order valence-corrected chi connectivity index (χ0v) is 12.0. The van der Waals surface area contributed by atoms with Gasteiger partial charge in [-0.1, -0.05) is 0 Å². The fraction of sp³-hybridized carbons (Fsp3) is 1.00. The Hall–Kier alpha value is -0.440. The maximum Gasteiger partial charge on any atom is 0.184 e. The fourth-order valence-electron chi connectivity index (χ4n) is 2.44. The van der Waals surface area contributed by atoms with E-state index in [2.05, 4.69) is 0 Å². The van der Waals surface area contributed by atoms with Crippen LogP contribution >= 0.6 is 0 Å². The van der Waals surface area contributed by atoms with Crippen molar-refractivity contribution in [2.45, 2.75) is 61.4 Å². The van der Waals surface area contributed by atoms with E-state index >= 15 is 0 Å². The van der Waals surface area contributed by atoms with E-state index in [-0.39, 0.29) is 13.2 Å². The number of aliphatic hydroxyl groups is 8. The van der Waals surface area contributed by atoms with E-state index in [1.165, 1.54) is 0 Å². The lowest BCUT2D eigenvalue weighted by Crippen LogP contribution is -2.60. The molecule has 2 aliphatic heterocycles. The third kappa shape index (κ3) is 3.97. The Balaban J connectivity index is 1.82. The maximum atomic E-state index is 9.71. The van der Waals surface area contributed by atoms with Gasteiger partial charge in [0.1, 0.15) is 48.8 Å². The summed E-state index contributed by atoms with van der Waals surface area (Å²) in [4.78, 5) is 0. The molecule has 2 fully saturated rings. The van der Waals surface area contributed by atoms with Crippen LogP contribution in [0.3, 0.4) is 0 Å². The van der Waals surface area contributed by atoms with Crippen molar-refractivity contribution in [3.63, 3.8) is 0 Å². The Kier molecular flexibility index (Phi) is 6.27. The third-order valence-electron chi connectivity index (χ3n) is 3.94. The normalized spacial score (nSPS) is 51.7. The highest BCUT2D eigenvalue weighted by Gasteiger charge is 2.45. The van der Waals surface area contributed by atoms with Gasteiger partial charge in [0.05, 0.1) is 13.2 Å². The molecule has 0 amide bonds. The van der Waals surface area contributed by atoms with Crippen molar-refractivity contribution in [2.75, 3.05) is 13.2 Å². The second-order valence-corrected chi connectivity index (χ2v) is 5.61. The van der Waals surface area contributed by atoms with Crippen molar-refractivity contribution in [3.05, 3.63) is 0 Å². The van der Waals surface area contributed by atoms with Crippen molar-refractivity contribution in [1.29, 1.82) is 0 Å². The summed E-state index contributed by atoms with van der Waals surface area (Å²) >= 11 is 0. The van der Waals surface area contributed by atoms with Crippen LogP contribution < -0.4 is 0 Å². The van der Waals surface area contributed by atoms with Gasteiger partial charge in [-0.25, -0.2) is 0 Å². The zero-order valence-electron chi connectivity index (χ0n) is 12.0. The van der Waals surface area contributed by atoms with Crippen LogP contribution in [0.1, 0.15) is 0 Å². The maximum absolute atomic E-state index is 9.71. The molecule has 0 bridgehead atoms. The van der Waals surface area contributed by atoms with Crippen molar-refractivity contribution in [3.8, 4) is 0 Å². The number of hydrogen-bond donors (Lipinski definition) is 8.